The van der Waals surface area contributed by atoms with Crippen molar-refractivity contribution in [2.75, 3.05) is 13.2 Å². The predicted octanol–water partition coefficient (Wildman–Crippen LogP) is 0.569. The van der Waals surface area contributed by atoms with Gasteiger partial charge in [0.15, 0.2) is 8.32 Å². The molecule has 1 aromatic rings. The van der Waals surface area contributed by atoms with E-state index in [-0.39, 0.29) is 5.04 Å². The van der Waals surface area contributed by atoms with Crippen molar-refractivity contribution >= 4 is 8.32 Å². The molecule has 0 spiro atoms. The van der Waals surface area contributed by atoms with Gasteiger partial charge in [0, 0.05) is 18.7 Å². The summed E-state index contributed by atoms with van der Waals surface area (Å²) in [6.07, 6.45) is 0.338. The maximum Gasteiger partial charge on any atom is 0.330 e. The number of aliphatic hydroxyl groups excluding tert-OH is 2. The van der Waals surface area contributed by atoms with Crippen LogP contribution in [0.3, 0.4) is 0 Å². The molecule has 0 saturated carbocycles. The standard InChI is InChI=1S/C16H28N2O6Si/c1-15(2,3)25(4,5)24-11-8-13(23-16(11,9-19)10-20)18-7-6-12(21)17-14(18)22/h6-7,11,13,19-20H,8-10H2,1-5H3,(H,17,21,22)/t11-,13+/m0/s1. The number of H-pyrrole nitrogens is 1. The van der Waals surface area contributed by atoms with Gasteiger partial charge in [0.25, 0.3) is 5.56 Å². The lowest BCUT2D eigenvalue weighted by molar-refractivity contribution is -0.147. The summed E-state index contributed by atoms with van der Waals surface area (Å²) in [6.45, 7) is 9.57. The number of aromatic nitrogens is 2. The summed E-state index contributed by atoms with van der Waals surface area (Å²) >= 11 is 0. The molecule has 9 heteroatoms. The van der Waals surface area contributed by atoms with E-state index < -0.39 is 50.7 Å². The van der Waals surface area contributed by atoms with E-state index in [9.17, 15) is 19.8 Å². The van der Waals surface area contributed by atoms with Gasteiger partial charge in [-0.05, 0) is 18.1 Å². The molecule has 1 fully saturated rings. The lowest BCUT2D eigenvalue weighted by atomic mass is 9.99. The van der Waals surface area contributed by atoms with E-state index in [2.05, 4.69) is 38.8 Å². The third kappa shape index (κ3) is 3.80. The van der Waals surface area contributed by atoms with Crippen LogP contribution in [0.4, 0.5) is 0 Å². The van der Waals surface area contributed by atoms with Gasteiger partial charge < -0.3 is 19.4 Å². The number of aromatic amines is 1. The van der Waals surface area contributed by atoms with Gasteiger partial charge in [-0.1, -0.05) is 20.8 Å². The van der Waals surface area contributed by atoms with Gasteiger partial charge >= 0.3 is 5.69 Å². The van der Waals surface area contributed by atoms with Crippen molar-refractivity contribution in [3.05, 3.63) is 33.1 Å². The fourth-order valence-corrected chi connectivity index (χ4v) is 4.01. The van der Waals surface area contributed by atoms with E-state index in [0.717, 1.165) is 0 Å². The molecule has 2 heterocycles. The first-order chi connectivity index (χ1) is 11.5. The molecular formula is C16H28N2O6Si. The molecule has 1 saturated heterocycles. The molecule has 8 nitrogen and oxygen atoms in total. The molecule has 0 amide bonds. The average Bonchev–Trinajstić information content (AvgIpc) is 2.84. The molecule has 3 N–H and O–H groups in total. The minimum Gasteiger partial charge on any atom is -0.411 e. The first-order valence-corrected chi connectivity index (χ1v) is 11.3. The largest absolute Gasteiger partial charge is 0.411 e. The first-order valence-electron chi connectivity index (χ1n) is 8.34. The van der Waals surface area contributed by atoms with Gasteiger partial charge in [-0.2, -0.15) is 0 Å². The van der Waals surface area contributed by atoms with Gasteiger partial charge in [0.1, 0.15) is 11.8 Å². The minimum absolute atomic E-state index is 0.0590. The van der Waals surface area contributed by atoms with E-state index in [1.165, 1.54) is 16.8 Å². The van der Waals surface area contributed by atoms with Crippen molar-refractivity contribution in [2.24, 2.45) is 0 Å². The second-order valence-corrected chi connectivity index (χ2v) is 12.8. The minimum atomic E-state index is -2.19. The van der Waals surface area contributed by atoms with Crippen LogP contribution in [0, 0.1) is 0 Å². The highest BCUT2D eigenvalue weighted by Gasteiger charge is 2.53. The fourth-order valence-electron chi connectivity index (χ4n) is 2.63. The first kappa shape index (κ1) is 20.1. The van der Waals surface area contributed by atoms with E-state index in [1.807, 2.05) is 0 Å². The Balaban J connectivity index is 2.36. The zero-order valence-corrected chi connectivity index (χ0v) is 16.4. The van der Waals surface area contributed by atoms with E-state index >= 15 is 0 Å². The molecule has 25 heavy (non-hydrogen) atoms. The second-order valence-electron chi connectivity index (χ2n) is 8.07. The number of rotatable bonds is 5. The van der Waals surface area contributed by atoms with Crippen LogP contribution in [0.25, 0.3) is 0 Å². The number of aliphatic hydroxyl groups is 2. The van der Waals surface area contributed by atoms with Crippen LogP contribution < -0.4 is 11.2 Å². The summed E-state index contributed by atoms with van der Waals surface area (Å²) in [6, 6.07) is 1.23. The molecule has 0 bridgehead atoms. The Morgan fingerprint density at radius 3 is 2.44 bits per heavy atom. The molecule has 1 aliphatic heterocycles. The van der Waals surface area contributed by atoms with Crippen LogP contribution in [0.2, 0.25) is 18.1 Å². The number of nitrogens with one attached hydrogen (secondary N) is 1. The summed E-state index contributed by atoms with van der Waals surface area (Å²) in [7, 11) is -2.19. The Labute approximate surface area is 147 Å². The second kappa shape index (κ2) is 6.80. The third-order valence-electron chi connectivity index (χ3n) is 5.31. The molecule has 0 unspecified atom stereocenters. The molecule has 142 valence electrons. The monoisotopic (exact) mass is 372 g/mol. The van der Waals surface area contributed by atoms with Crippen LogP contribution >= 0.6 is 0 Å². The van der Waals surface area contributed by atoms with Crippen molar-refractivity contribution in [1.29, 1.82) is 0 Å². The zero-order valence-electron chi connectivity index (χ0n) is 15.4. The van der Waals surface area contributed by atoms with Crippen molar-refractivity contribution in [3.63, 3.8) is 0 Å². The SMILES string of the molecule is CC(C)(C)[Si](C)(C)O[C@H]1C[C@H](n2ccc(=O)[nH]c2=O)OC1(CO)CO. The number of hydrogen-bond donors (Lipinski definition) is 3. The summed E-state index contributed by atoms with van der Waals surface area (Å²) < 4.78 is 13.5. The van der Waals surface area contributed by atoms with Crippen molar-refractivity contribution < 1.29 is 19.4 Å². The van der Waals surface area contributed by atoms with Gasteiger partial charge in [-0.25, -0.2) is 4.79 Å². The Bertz CT molecular complexity index is 716. The lowest BCUT2D eigenvalue weighted by Crippen LogP contribution is -2.54. The normalized spacial score (nSPS) is 23.8. The van der Waals surface area contributed by atoms with Crippen LogP contribution in [-0.2, 0) is 9.16 Å². The number of ether oxygens (including phenoxy) is 1. The Kier molecular flexibility index (Phi) is 5.46. The highest BCUT2D eigenvalue weighted by atomic mass is 28.4. The van der Waals surface area contributed by atoms with Crippen molar-refractivity contribution in [3.8, 4) is 0 Å². The third-order valence-corrected chi connectivity index (χ3v) is 9.80. The van der Waals surface area contributed by atoms with Gasteiger partial charge in [0.05, 0.1) is 19.3 Å². The molecule has 2 rings (SSSR count). The lowest BCUT2D eigenvalue weighted by Gasteiger charge is -2.42. The molecular weight excluding hydrogens is 344 g/mol. The highest BCUT2D eigenvalue weighted by molar-refractivity contribution is 6.74. The summed E-state index contributed by atoms with van der Waals surface area (Å²) in [5.41, 5.74) is -2.39. The van der Waals surface area contributed by atoms with Gasteiger partial charge in [0.2, 0.25) is 0 Å². The topological polar surface area (TPSA) is 114 Å². The molecule has 0 aromatic carbocycles. The van der Waals surface area contributed by atoms with E-state index in [0.29, 0.717) is 6.42 Å². The summed E-state index contributed by atoms with van der Waals surface area (Å²) in [5, 5.41) is 19.7. The predicted molar refractivity (Wildman–Crippen MR) is 95.0 cm³/mol. The maximum atomic E-state index is 12.0. The van der Waals surface area contributed by atoms with Crippen LogP contribution in [0.5, 0.6) is 0 Å². The fraction of sp³-hybridized carbons (Fsp3) is 0.750. The van der Waals surface area contributed by atoms with Crippen LogP contribution in [0.1, 0.15) is 33.4 Å². The molecule has 0 aliphatic carbocycles. The van der Waals surface area contributed by atoms with E-state index in [1.54, 1.807) is 0 Å². The van der Waals surface area contributed by atoms with Gasteiger partial charge in [-0.15, -0.1) is 0 Å². The van der Waals surface area contributed by atoms with Crippen LogP contribution in [-0.4, -0.2) is 53.0 Å². The van der Waals surface area contributed by atoms with Crippen molar-refractivity contribution in [1.82, 2.24) is 9.55 Å². The molecule has 0 radical (unpaired) electrons. The molecule has 1 aliphatic rings. The van der Waals surface area contributed by atoms with Gasteiger partial charge in [-0.3, -0.25) is 14.3 Å². The highest BCUT2D eigenvalue weighted by Crippen LogP contribution is 2.44. The quantitative estimate of drug-likeness (QED) is 0.651. The zero-order chi connectivity index (χ0) is 19.0. The summed E-state index contributed by atoms with van der Waals surface area (Å²) in [4.78, 5) is 25.5. The Morgan fingerprint density at radius 2 is 1.96 bits per heavy atom. The maximum absolute atomic E-state index is 12.0. The van der Waals surface area contributed by atoms with Crippen LogP contribution in [0.15, 0.2) is 21.9 Å². The smallest absolute Gasteiger partial charge is 0.330 e. The summed E-state index contributed by atoms with van der Waals surface area (Å²) in [5.74, 6) is 0. The number of nitrogens with zero attached hydrogens (tertiary/aromatic N) is 1. The molecule has 2 atom stereocenters. The number of hydrogen-bond acceptors (Lipinski definition) is 6. The average molecular weight is 372 g/mol. The Morgan fingerprint density at radius 1 is 1.36 bits per heavy atom. The molecule has 1 aromatic heterocycles. The Hall–Kier alpha value is -1.26. The van der Waals surface area contributed by atoms with Crippen molar-refractivity contribution in [2.45, 2.75) is 63.3 Å². The van der Waals surface area contributed by atoms with E-state index in [4.69, 9.17) is 9.16 Å².